The van der Waals surface area contributed by atoms with Crippen molar-refractivity contribution in [2.24, 2.45) is 0 Å². The Bertz CT molecular complexity index is 400. The molecule has 0 spiro atoms. The Hall–Kier alpha value is -0.470. The Labute approximate surface area is 104 Å². The van der Waals surface area contributed by atoms with E-state index in [4.69, 9.17) is 4.52 Å². The summed E-state index contributed by atoms with van der Waals surface area (Å²) in [4.78, 5) is 0. The molecule has 1 aromatic carbocycles. The maximum Gasteiger partial charge on any atom is 0.186 e. The van der Waals surface area contributed by atoms with Crippen LogP contribution in [0.25, 0.3) is 0 Å². The van der Waals surface area contributed by atoms with E-state index in [9.17, 15) is 0 Å². The molecule has 17 heavy (non-hydrogen) atoms. The smallest absolute Gasteiger partial charge is 0.186 e. The highest BCUT2D eigenvalue weighted by Gasteiger charge is 2.53. The molecule has 1 aromatic rings. The molecule has 3 rings (SSSR count). The van der Waals surface area contributed by atoms with Crippen LogP contribution in [0, 0.1) is 0 Å². The number of fused-ring (bicyclic) bond motifs is 1. The van der Waals surface area contributed by atoms with Crippen molar-refractivity contribution < 1.29 is 4.52 Å². The number of rotatable bonds is 2. The lowest BCUT2D eigenvalue weighted by molar-refractivity contribution is 0.0877. The molecule has 0 bridgehead atoms. The zero-order chi connectivity index (χ0) is 11.9. The van der Waals surface area contributed by atoms with Gasteiger partial charge in [-0.05, 0) is 32.4 Å². The largest absolute Gasteiger partial charge is 0.319 e. The Morgan fingerprint density at radius 1 is 1.41 bits per heavy atom. The average molecular weight is 250 g/mol. The molecule has 3 atom stereocenters. The van der Waals surface area contributed by atoms with Gasteiger partial charge in [-0.25, -0.2) is 4.67 Å². The van der Waals surface area contributed by atoms with Gasteiger partial charge in [0, 0.05) is 6.54 Å². The van der Waals surface area contributed by atoms with Gasteiger partial charge in [-0.2, -0.15) is 0 Å². The fourth-order valence-corrected chi connectivity index (χ4v) is 4.96. The second kappa shape index (κ2) is 4.33. The third kappa shape index (κ3) is 1.73. The predicted molar refractivity (Wildman–Crippen MR) is 70.6 cm³/mol. The molecule has 3 nitrogen and oxygen atoms in total. The van der Waals surface area contributed by atoms with Gasteiger partial charge in [-0.15, -0.1) is 0 Å². The van der Waals surface area contributed by atoms with Gasteiger partial charge in [0.1, 0.15) is 5.60 Å². The lowest BCUT2D eigenvalue weighted by atomic mass is 9.87. The van der Waals surface area contributed by atoms with Crippen LogP contribution in [0.5, 0.6) is 0 Å². The summed E-state index contributed by atoms with van der Waals surface area (Å²) in [5, 5.41) is 3.33. The van der Waals surface area contributed by atoms with Crippen molar-refractivity contribution in [1.29, 1.82) is 0 Å². The first kappa shape index (κ1) is 11.6. The Balaban J connectivity index is 1.97. The van der Waals surface area contributed by atoms with E-state index in [1.54, 1.807) is 0 Å². The summed E-state index contributed by atoms with van der Waals surface area (Å²) in [7, 11) is 1.39. The van der Waals surface area contributed by atoms with Gasteiger partial charge < -0.3 is 4.52 Å². The van der Waals surface area contributed by atoms with Crippen LogP contribution in [0.15, 0.2) is 30.3 Å². The lowest BCUT2D eigenvalue weighted by Gasteiger charge is -2.29. The number of hydrogen-bond acceptors (Lipinski definition) is 3. The van der Waals surface area contributed by atoms with Gasteiger partial charge in [0.05, 0.1) is 6.04 Å². The van der Waals surface area contributed by atoms with E-state index in [0.717, 1.165) is 0 Å². The third-order valence-electron chi connectivity index (χ3n) is 3.91. The molecule has 2 fully saturated rings. The Morgan fingerprint density at radius 2 is 2.18 bits per heavy atom. The molecule has 0 amide bonds. The summed E-state index contributed by atoms with van der Waals surface area (Å²) >= 11 is 0. The van der Waals surface area contributed by atoms with Crippen molar-refractivity contribution >= 4 is 8.45 Å². The highest BCUT2D eigenvalue weighted by Crippen LogP contribution is 2.59. The molecule has 2 saturated heterocycles. The van der Waals surface area contributed by atoms with Gasteiger partial charge in [-0.3, -0.25) is 5.09 Å². The molecule has 2 heterocycles. The normalized spacial score (nSPS) is 37.3. The van der Waals surface area contributed by atoms with Crippen LogP contribution in [0.4, 0.5) is 0 Å². The van der Waals surface area contributed by atoms with Crippen molar-refractivity contribution in [2.75, 3.05) is 13.6 Å². The van der Waals surface area contributed by atoms with E-state index in [1.165, 1.54) is 24.9 Å². The topological polar surface area (TPSA) is 24.5 Å². The third-order valence-corrected chi connectivity index (χ3v) is 5.79. The highest BCUT2D eigenvalue weighted by atomic mass is 31.2. The average Bonchev–Trinajstić information content (AvgIpc) is 2.94. The zero-order valence-corrected chi connectivity index (χ0v) is 11.3. The minimum atomic E-state index is -0.611. The van der Waals surface area contributed by atoms with Crippen LogP contribution in [0.2, 0.25) is 0 Å². The number of hydrogen-bond donors (Lipinski definition) is 1. The van der Waals surface area contributed by atoms with E-state index < -0.39 is 8.45 Å². The van der Waals surface area contributed by atoms with Crippen LogP contribution in [-0.4, -0.2) is 24.3 Å². The minimum Gasteiger partial charge on any atom is -0.319 e. The molecule has 1 N–H and O–H groups in total. The second-order valence-electron chi connectivity index (χ2n) is 4.88. The van der Waals surface area contributed by atoms with Gasteiger partial charge >= 0.3 is 0 Å². The first-order valence-electron chi connectivity index (χ1n) is 6.24. The van der Waals surface area contributed by atoms with Gasteiger partial charge in [-0.1, -0.05) is 30.3 Å². The fraction of sp³-hybridized carbons (Fsp3) is 0.538. The molecular weight excluding hydrogens is 231 g/mol. The molecule has 0 aliphatic carbocycles. The predicted octanol–water partition coefficient (Wildman–Crippen LogP) is 2.84. The molecule has 2 aliphatic heterocycles. The standard InChI is InChI=1S/C13H19N2OP/c1-13(11-7-4-3-5-8-11)12-9-6-10-15(12)17(14-2)16-13/h3-5,7-8,12,14H,6,9-10H2,1-2H3/t12-,13+,17?/m1/s1. The van der Waals surface area contributed by atoms with Crippen molar-refractivity contribution in [3.8, 4) is 0 Å². The fourth-order valence-electron chi connectivity index (χ4n) is 3.01. The summed E-state index contributed by atoms with van der Waals surface area (Å²) in [6.45, 7) is 3.41. The van der Waals surface area contributed by atoms with E-state index in [-0.39, 0.29) is 5.60 Å². The summed E-state index contributed by atoms with van der Waals surface area (Å²) in [6, 6.07) is 11.2. The van der Waals surface area contributed by atoms with E-state index in [0.29, 0.717) is 6.04 Å². The maximum absolute atomic E-state index is 6.33. The molecule has 4 heteroatoms. The van der Waals surface area contributed by atoms with E-state index in [1.807, 2.05) is 7.05 Å². The number of benzene rings is 1. The van der Waals surface area contributed by atoms with Gasteiger partial charge in [0.15, 0.2) is 8.45 Å². The summed E-state index contributed by atoms with van der Waals surface area (Å²) in [5.74, 6) is 0. The summed E-state index contributed by atoms with van der Waals surface area (Å²) in [6.07, 6.45) is 2.53. The van der Waals surface area contributed by atoms with Crippen molar-refractivity contribution in [2.45, 2.75) is 31.4 Å². The van der Waals surface area contributed by atoms with Crippen molar-refractivity contribution in [3.05, 3.63) is 35.9 Å². The molecule has 1 unspecified atom stereocenters. The Kier molecular flexibility index (Phi) is 2.95. The van der Waals surface area contributed by atoms with Crippen LogP contribution < -0.4 is 5.09 Å². The van der Waals surface area contributed by atoms with Crippen LogP contribution in [0.1, 0.15) is 25.3 Å². The van der Waals surface area contributed by atoms with Crippen molar-refractivity contribution in [3.63, 3.8) is 0 Å². The molecule has 0 aromatic heterocycles. The zero-order valence-electron chi connectivity index (χ0n) is 10.4. The molecule has 0 radical (unpaired) electrons. The quantitative estimate of drug-likeness (QED) is 0.817. The SMILES string of the molecule is CNP1O[C@@](C)(c2ccccc2)[C@H]2CCCN21. The minimum absolute atomic E-state index is 0.146. The molecular formula is C13H19N2OP. The van der Waals surface area contributed by atoms with E-state index in [2.05, 4.69) is 47.0 Å². The van der Waals surface area contributed by atoms with Crippen LogP contribution in [0.3, 0.4) is 0 Å². The van der Waals surface area contributed by atoms with Gasteiger partial charge in [0.25, 0.3) is 0 Å². The van der Waals surface area contributed by atoms with Crippen molar-refractivity contribution in [1.82, 2.24) is 9.76 Å². The first-order valence-corrected chi connectivity index (χ1v) is 7.45. The van der Waals surface area contributed by atoms with Crippen LogP contribution in [-0.2, 0) is 10.1 Å². The Morgan fingerprint density at radius 3 is 2.88 bits per heavy atom. The van der Waals surface area contributed by atoms with E-state index >= 15 is 0 Å². The molecule has 0 saturated carbocycles. The summed E-state index contributed by atoms with van der Waals surface area (Å²) in [5.41, 5.74) is 1.16. The maximum atomic E-state index is 6.33. The first-order chi connectivity index (χ1) is 8.25. The number of nitrogens with zero attached hydrogens (tertiary/aromatic N) is 1. The van der Waals surface area contributed by atoms with Gasteiger partial charge in [0.2, 0.25) is 0 Å². The molecule has 2 aliphatic rings. The summed E-state index contributed by atoms with van der Waals surface area (Å²) < 4.78 is 8.85. The van der Waals surface area contributed by atoms with Crippen LogP contribution >= 0.6 is 8.45 Å². The highest BCUT2D eigenvalue weighted by molar-refractivity contribution is 7.48. The lowest BCUT2D eigenvalue weighted by Crippen LogP contribution is -2.36. The monoisotopic (exact) mass is 250 g/mol. The molecule has 92 valence electrons. The second-order valence-corrected chi connectivity index (χ2v) is 6.57. The number of nitrogens with one attached hydrogen (secondary N) is 1.